The lowest BCUT2D eigenvalue weighted by Crippen LogP contribution is -2.27. The van der Waals surface area contributed by atoms with Crippen LogP contribution in [0.2, 0.25) is 0 Å². The summed E-state index contributed by atoms with van der Waals surface area (Å²) in [6.45, 7) is 4.30. The quantitative estimate of drug-likeness (QED) is 0.661. The van der Waals surface area contributed by atoms with E-state index < -0.39 is 0 Å². The molecule has 0 aliphatic carbocycles. The van der Waals surface area contributed by atoms with Gasteiger partial charge < -0.3 is 10.6 Å². The van der Waals surface area contributed by atoms with Gasteiger partial charge in [-0.2, -0.15) is 5.10 Å². The predicted molar refractivity (Wildman–Crippen MR) is 54.2 cm³/mol. The molecule has 0 bridgehead atoms. The normalized spacial score (nSPS) is 26.4. The molecule has 0 amide bonds. The van der Waals surface area contributed by atoms with Gasteiger partial charge in [-0.3, -0.25) is 4.68 Å². The largest absolute Gasteiger partial charge is 0.315 e. The van der Waals surface area contributed by atoms with Crippen molar-refractivity contribution < 1.29 is 0 Å². The van der Waals surface area contributed by atoms with E-state index in [1.165, 1.54) is 17.7 Å². The van der Waals surface area contributed by atoms with Crippen molar-refractivity contribution in [2.75, 3.05) is 19.6 Å². The molecule has 76 valence electrons. The highest BCUT2D eigenvalue weighted by Crippen LogP contribution is 2.21. The Kier molecular flexibility index (Phi) is 2.03. The number of nitrogens with zero attached hydrogens (tertiary/aromatic N) is 2. The number of fused-ring (bicyclic) bond motifs is 1. The average molecular weight is 192 g/mol. The molecule has 0 radical (unpaired) electrons. The fraction of sp³-hybridized carbons (Fsp3) is 0.700. The molecule has 0 aromatic carbocycles. The van der Waals surface area contributed by atoms with Crippen LogP contribution in [0.15, 0.2) is 6.20 Å². The van der Waals surface area contributed by atoms with Crippen molar-refractivity contribution in [3.63, 3.8) is 0 Å². The first-order chi connectivity index (χ1) is 6.95. The summed E-state index contributed by atoms with van der Waals surface area (Å²) in [6, 6.07) is 0.582. The minimum atomic E-state index is 0.582. The van der Waals surface area contributed by atoms with Gasteiger partial charge in [0.05, 0.1) is 17.9 Å². The van der Waals surface area contributed by atoms with E-state index in [1.807, 2.05) is 0 Å². The summed E-state index contributed by atoms with van der Waals surface area (Å²) in [5.41, 5.74) is 2.85. The number of aromatic nitrogens is 2. The van der Waals surface area contributed by atoms with Crippen LogP contribution in [0.25, 0.3) is 0 Å². The van der Waals surface area contributed by atoms with Crippen LogP contribution in [0.1, 0.15) is 23.7 Å². The Labute approximate surface area is 83.7 Å². The minimum Gasteiger partial charge on any atom is -0.315 e. The molecule has 1 unspecified atom stereocenters. The van der Waals surface area contributed by atoms with Crippen molar-refractivity contribution in [2.24, 2.45) is 0 Å². The summed E-state index contributed by atoms with van der Waals surface area (Å²) in [6.07, 6.45) is 4.40. The maximum Gasteiger partial charge on any atom is 0.0659 e. The Morgan fingerprint density at radius 1 is 1.36 bits per heavy atom. The average Bonchev–Trinajstić information content (AvgIpc) is 2.85. The molecular formula is C10H16N4. The molecule has 1 atom stereocenters. The van der Waals surface area contributed by atoms with Crippen LogP contribution in [-0.4, -0.2) is 29.4 Å². The Hall–Kier alpha value is -0.870. The first-order valence-corrected chi connectivity index (χ1v) is 5.42. The first-order valence-electron chi connectivity index (χ1n) is 5.42. The Morgan fingerprint density at radius 3 is 3.21 bits per heavy atom. The highest BCUT2D eigenvalue weighted by atomic mass is 15.3. The summed E-state index contributed by atoms with van der Waals surface area (Å²) >= 11 is 0. The topological polar surface area (TPSA) is 41.9 Å². The van der Waals surface area contributed by atoms with E-state index in [0.29, 0.717) is 6.04 Å². The molecule has 3 heterocycles. The number of rotatable bonds is 1. The summed E-state index contributed by atoms with van der Waals surface area (Å²) < 4.78 is 2.22. The molecule has 2 N–H and O–H groups in total. The SMILES string of the molecule is c1nn(C2CCNC2)c2c1CCNC2. The van der Waals surface area contributed by atoms with Gasteiger partial charge in [0, 0.05) is 13.1 Å². The minimum absolute atomic E-state index is 0.582. The van der Waals surface area contributed by atoms with Crippen molar-refractivity contribution in [3.8, 4) is 0 Å². The second-order valence-corrected chi connectivity index (χ2v) is 4.13. The van der Waals surface area contributed by atoms with Crippen LogP contribution in [0.5, 0.6) is 0 Å². The van der Waals surface area contributed by atoms with Gasteiger partial charge in [-0.05, 0) is 31.5 Å². The van der Waals surface area contributed by atoms with Gasteiger partial charge in [-0.25, -0.2) is 0 Å². The van der Waals surface area contributed by atoms with Gasteiger partial charge in [0.15, 0.2) is 0 Å². The number of hydrogen-bond acceptors (Lipinski definition) is 3. The second-order valence-electron chi connectivity index (χ2n) is 4.13. The van der Waals surface area contributed by atoms with Crippen molar-refractivity contribution in [1.29, 1.82) is 0 Å². The van der Waals surface area contributed by atoms with Gasteiger partial charge >= 0.3 is 0 Å². The van der Waals surface area contributed by atoms with Gasteiger partial charge in [0.1, 0.15) is 0 Å². The third-order valence-electron chi connectivity index (χ3n) is 3.23. The van der Waals surface area contributed by atoms with E-state index in [9.17, 15) is 0 Å². The third-order valence-corrected chi connectivity index (χ3v) is 3.23. The zero-order valence-corrected chi connectivity index (χ0v) is 8.29. The molecular weight excluding hydrogens is 176 g/mol. The zero-order valence-electron chi connectivity index (χ0n) is 8.29. The van der Waals surface area contributed by atoms with E-state index >= 15 is 0 Å². The summed E-state index contributed by atoms with van der Waals surface area (Å²) in [5.74, 6) is 0. The third kappa shape index (κ3) is 1.26. The molecule has 2 aliphatic heterocycles. The highest BCUT2D eigenvalue weighted by Gasteiger charge is 2.22. The summed E-state index contributed by atoms with van der Waals surface area (Å²) in [4.78, 5) is 0. The smallest absolute Gasteiger partial charge is 0.0659 e. The maximum atomic E-state index is 4.52. The lowest BCUT2D eigenvalue weighted by atomic mass is 10.1. The molecule has 0 spiro atoms. The predicted octanol–water partition coefficient (Wildman–Crippen LogP) is 0.0632. The second kappa shape index (κ2) is 3.37. The molecule has 4 nitrogen and oxygen atoms in total. The van der Waals surface area contributed by atoms with Crippen LogP contribution in [0.3, 0.4) is 0 Å². The van der Waals surface area contributed by atoms with Gasteiger partial charge in [-0.15, -0.1) is 0 Å². The van der Waals surface area contributed by atoms with Crippen LogP contribution >= 0.6 is 0 Å². The molecule has 1 fully saturated rings. The van der Waals surface area contributed by atoms with Gasteiger partial charge in [0.2, 0.25) is 0 Å². The molecule has 1 saturated heterocycles. The van der Waals surface area contributed by atoms with Gasteiger partial charge in [-0.1, -0.05) is 0 Å². The lowest BCUT2D eigenvalue weighted by molar-refractivity contribution is 0.455. The zero-order chi connectivity index (χ0) is 9.38. The monoisotopic (exact) mass is 192 g/mol. The molecule has 14 heavy (non-hydrogen) atoms. The molecule has 3 rings (SSSR count). The van der Waals surface area contributed by atoms with Crippen molar-refractivity contribution in [1.82, 2.24) is 20.4 Å². The Bertz CT molecular complexity index is 325. The Balaban J connectivity index is 1.93. The molecule has 1 aromatic heterocycles. The molecule has 4 heteroatoms. The van der Waals surface area contributed by atoms with Crippen LogP contribution < -0.4 is 10.6 Å². The van der Waals surface area contributed by atoms with Crippen LogP contribution in [0, 0.1) is 0 Å². The van der Waals surface area contributed by atoms with E-state index in [4.69, 9.17) is 0 Å². The van der Waals surface area contributed by atoms with Crippen LogP contribution in [0.4, 0.5) is 0 Å². The van der Waals surface area contributed by atoms with Gasteiger partial charge in [0.25, 0.3) is 0 Å². The summed E-state index contributed by atoms with van der Waals surface area (Å²) in [5, 5.41) is 11.3. The Morgan fingerprint density at radius 2 is 2.36 bits per heavy atom. The standard InChI is InChI=1S/C10H16N4/c1-3-12-7-10-8(1)5-13-14(10)9-2-4-11-6-9/h5,9,11-12H,1-4,6-7H2. The highest BCUT2D eigenvalue weighted by molar-refractivity contribution is 5.21. The maximum absolute atomic E-state index is 4.52. The van der Waals surface area contributed by atoms with Crippen molar-refractivity contribution in [2.45, 2.75) is 25.4 Å². The fourth-order valence-electron chi connectivity index (χ4n) is 2.42. The molecule has 2 aliphatic rings. The number of nitrogens with one attached hydrogen (secondary N) is 2. The summed E-state index contributed by atoms with van der Waals surface area (Å²) in [7, 11) is 0. The number of hydrogen-bond donors (Lipinski definition) is 2. The van der Waals surface area contributed by atoms with E-state index in [1.54, 1.807) is 0 Å². The fourth-order valence-corrected chi connectivity index (χ4v) is 2.42. The van der Waals surface area contributed by atoms with E-state index in [-0.39, 0.29) is 0 Å². The van der Waals surface area contributed by atoms with Crippen molar-refractivity contribution in [3.05, 3.63) is 17.5 Å². The van der Waals surface area contributed by atoms with Crippen molar-refractivity contribution >= 4 is 0 Å². The van der Waals surface area contributed by atoms with E-state index in [0.717, 1.165) is 32.6 Å². The molecule has 1 aromatic rings. The van der Waals surface area contributed by atoms with Crippen LogP contribution in [-0.2, 0) is 13.0 Å². The van der Waals surface area contributed by atoms with E-state index in [2.05, 4.69) is 26.6 Å². The molecule has 0 saturated carbocycles. The first kappa shape index (κ1) is 8.44. The lowest BCUT2D eigenvalue weighted by Gasteiger charge is -2.18.